The first-order valence-electron chi connectivity index (χ1n) is 7.57. The average molecular weight is 353 g/mol. The molecule has 1 N–H and O–H groups in total. The highest BCUT2D eigenvalue weighted by atomic mass is 35.5. The first kappa shape index (κ1) is 15.3. The van der Waals surface area contributed by atoms with E-state index in [9.17, 15) is 4.79 Å². The van der Waals surface area contributed by atoms with Crippen molar-refractivity contribution in [2.45, 2.75) is 6.54 Å². The van der Waals surface area contributed by atoms with Crippen molar-refractivity contribution in [1.82, 2.24) is 24.4 Å². The molecule has 8 heteroatoms. The molecule has 0 fully saturated rings. The van der Waals surface area contributed by atoms with E-state index in [2.05, 4.69) is 20.5 Å². The molecule has 0 aliphatic rings. The van der Waals surface area contributed by atoms with E-state index in [1.165, 1.54) is 6.20 Å². The summed E-state index contributed by atoms with van der Waals surface area (Å²) in [6, 6.07) is 11.0. The van der Waals surface area contributed by atoms with Gasteiger partial charge in [-0.3, -0.25) is 9.48 Å². The lowest BCUT2D eigenvalue weighted by Crippen LogP contribution is -2.13. The number of carbonyl (C=O) groups excluding carboxylic acids is 1. The van der Waals surface area contributed by atoms with Crippen molar-refractivity contribution >= 4 is 29.0 Å². The SMILES string of the molecule is O=C(Nc1ccn(Cc2ccc(Cl)cc2)n1)c1cnn2cccnc12. The van der Waals surface area contributed by atoms with Gasteiger partial charge >= 0.3 is 0 Å². The highest BCUT2D eigenvalue weighted by Gasteiger charge is 2.14. The fourth-order valence-electron chi connectivity index (χ4n) is 2.46. The van der Waals surface area contributed by atoms with Gasteiger partial charge in [-0.25, -0.2) is 9.50 Å². The Hall–Kier alpha value is -3.19. The van der Waals surface area contributed by atoms with Gasteiger partial charge in [0.15, 0.2) is 11.5 Å². The summed E-state index contributed by atoms with van der Waals surface area (Å²) in [5, 5.41) is 11.9. The molecule has 3 aromatic heterocycles. The first-order chi connectivity index (χ1) is 12.2. The van der Waals surface area contributed by atoms with Crippen LogP contribution in [-0.2, 0) is 6.54 Å². The molecule has 0 bridgehead atoms. The Kier molecular flexibility index (Phi) is 3.91. The van der Waals surface area contributed by atoms with Crippen molar-refractivity contribution in [3.05, 3.63) is 77.3 Å². The third kappa shape index (κ3) is 3.22. The maximum absolute atomic E-state index is 12.4. The predicted molar refractivity (Wildman–Crippen MR) is 93.7 cm³/mol. The topological polar surface area (TPSA) is 77.1 Å². The normalized spacial score (nSPS) is 10.9. The molecule has 0 aliphatic carbocycles. The monoisotopic (exact) mass is 352 g/mol. The van der Waals surface area contributed by atoms with Gasteiger partial charge in [-0.2, -0.15) is 10.2 Å². The van der Waals surface area contributed by atoms with Gasteiger partial charge in [0.05, 0.1) is 12.7 Å². The Morgan fingerprint density at radius 1 is 1.16 bits per heavy atom. The van der Waals surface area contributed by atoms with Crippen LogP contribution in [-0.4, -0.2) is 30.3 Å². The van der Waals surface area contributed by atoms with E-state index in [-0.39, 0.29) is 5.91 Å². The van der Waals surface area contributed by atoms with Gasteiger partial charge in [0, 0.05) is 29.7 Å². The second kappa shape index (κ2) is 6.37. The lowest BCUT2D eigenvalue weighted by atomic mass is 10.2. The second-order valence-corrected chi connectivity index (χ2v) is 5.86. The van der Waals surface area contributed by atoms with Crippen LogP contribution in [0.15, 0.2) is 61.2 Å². The van der Waals surface area contributed by atoms with Crippen LogP contribution in [0.3, 0.4) is 0 Å². The summed E-state index contributed by atoms with van der Waals surface area (Å²) in [6.45, 7) is 0.589. The zero-order valence-corrected chi connectivity index (χ0v) is 13.8. The largest absolute Gasteiger partial charge is 0.305 e. The van der Waals surface area contributed by atoms with Crippen molar-refractivity contribution in [3.63, 3.8) is 0 Å². The molecule has 0 unspecified atom stereocenters. The number of fused-ring (bicyclic) bond motifs is 1. The van der Waals surface area contributed by atoms with Crippen molar-refractivity contribution in [3.8, 4) is 0 Å². The molecule has 1 amide bonds. The third-order valence-corrected chi connectivity index (χ3v) is 3.92. The molecule has 0 saturated carbocycles. The van der Waals surface area contributed by atoms with Crippen molar-refractivity contribution in [2.75, 3.05) is 5.32 Å². The zero-order chi connectivity index (χ0) is 17.2. The molecule has 25 heavy (non-hydrogen) atoms. The van der Waals surface area contributed by atoms with Crippen molar-refractivity contribution < 1.29 is 4.79 Å². The first-order valence-corrected chi connectivity index (χ1v) is 7.94. The number of anilines is 1. The molecule has 4 rings (SSSR count). The Bertz CT molecular complexity index is 1040. The minimum atomic E-state index is -0.301. The van der Waals surface area contributed by atoms with Gasteiger partial charge in [0.25, 0.3) is 5.91 Å². The van der Waals surface area contributed by atoms with E-state index in [0.29, 0.717) is 28.6 Å². The van der Waals surface area contributed by atoms with Crippen LogP contribution in [0.1, 0.15) is 15.9 Å². The molecule has 0 saturated heterocycles. The van der Waals surface area contributed by atoms with Gasteiger partial charge in [0.2, 0.25) is 0 Å². The number of aromatic nitrogens is 5. The maximum Gasteiger partial charge on any atom is 0.262 e. The van der Waals surface area contributed by atoms with Crippen LogP contribution in [0.2, 0.25) is 5.02 Å². The smallest absolute Gasteiger partial charge is 0.262 e. The van der Waals surface area contributed by atoms with E-state index >= 15 is 0 Å². The highest BCUT2D eigenvalue weighted by molar-refractivity contribution is 6.30. The van der Waals surface area contributed by atoms with Gasteiger partial charge in [-0.1, -0.05) is 23.7 Å². The van der Waals surface area contributed by atoms with Gasteiger partial charge in [-0.15, -0.1) is 0 Å². The second-order valence-electron chi connectivity index (χ2n) is 5.43. The summed E-state index contributed by atoms with van der Waals surface area (Å²) in [7, 11) is 0. The molecule has 124 valence electrons. The van der Waals surface area contributed by atoms with Crippen LogP contribution >= 0.6 is 11.6 Å². The van der Waals surface area contributed by atoms with Crippen molar-refractivity contribution in [2.24, 2.45) is 0 Å². The quantitative estimate of drug-likeness (QED) is 0.612. The summed E-state index contributed by atoms with van der Waals surface area (Å²) >= 11 is 5.88. The number of carbonyl (C=O) groups is 1. The molecule has 0 spiro atoms. The standard InChI is InChI=1S/C17H13ClN6O/c18-13-4-2-12(3-5-13)11-23-9-6-15(22-23)21-17(25)14-10-20-24-8-1-7-19-16(14)24/h1-10H,11H2,(H,21,22,25). The molecule has 0 aliphatic heterocycles. The number of amides is 1. The number of hydrogen-bond acceptors (Lipinski definition) is 4. The molecule has 4 aromatic rings. The van der Waals surface area contributed by atoms with E-state index in [1.807, 2.05) is 24.3 Å². The highest BCUT2D eigenvalue weighted by Crippen LogP contribution is 2.13. The summed E-state index contributed by atoms with van der Waals surface area (Å²) in [6.07, 6.45) is 6.65. The number of nitrogens with one attached hydrogen (secondary N) is 1. The molecule has 0 atom stereocenters. The zero-order valence-electron chi connectivity index (χ0n) is 13.0. The number of hydrogen-bond donors (Lipinski definition) is 1. The molecule has 1 aromatic carbocycles. The van der Waals surface area contributed by atoms with E-state index in [4.69, 9.17) is 11.6 Å². The fourth-order valence-corrected chi connectivity index (χ4v) is 2.59. The number of benzene rings is 1. The minimum absolute atomic E-state index is 0.301. The van der Waals surface area contributed by atoms with Gasteiger partial charge < -0.3 is 5.32 Å². The Morgan fingerprint density at radius 3 is 2.84 bits per heavy atom. The number of nitrogens with zero attached hydrogens (tertiary/aromatic N) is 5. The molecular weight excluding hydrogens is 340 g/mol. The summed E-state index contributed by atoms with van der Waals surface area (Å²) in [5.41, 5.74) is 1.96. The van der Waals surface area contributed by atoms with Gasteiger partial charge in [0.1, 0.15) is 5.56 Å². The van der Waals surface area contributed by atoms with Crippen LogP contribution in [0.4, 0.5) is 5.82 Å². The predicted octanol–water partition coefficient (Wildman–Crippen LogP) is 2.88. The van der Waals surface area contributed by atoms with Gasteiger partial charge in [-0.05, 0) is 23.8 Å². The van der Waals surface area contributed by atoms with Crippen LogP contribution in [0.5, 0.6) is 0 Å². The molecular formula is C17H13ClN6O. The summed E-state index contributed by atoms with van der Waals surface area (Å²) < 4.78 is 3.29. The Balaban J connectivity index is 1.49. The molecule has 0 radical (unpaired) electrons. The van der Waals surface area contributed by atoms with Crippen LogP contribution in [0.25, 0.3) is 5.65 Å². The summed E-state index contributed by atoms with van der Waals surface area (Å²) in [5.74, 6) is 0.166. The molecule has 3 heterocycles. The number of rotatable bonds is 4. The lowest BCUT2D eigenvalue weighted by Gasteiger charge is -2.03. The Labute approximate surface area is 147 Å². The van der Waals surface area contributed by atoms with Crippen molar-refractivity contribution in [1.29, 1.82) is 0 Å². The Morgan fingerprint density at radius 2 is 2.00 bits per heavy atom. The van der Waals surface area contributed by atoms with Crippen LogP contribution in [0, 0.1) is 0 Å². The number of halogens is 1. The minimum Gasteiger partial charge on any atom is -0.305 e. The lowest BCUT2D eigenvalue weighted by molar-refractivity contribution is 0.102. The average Bonchev–Trinajstić information content (AvgIpc) is 3.23. The van der Waals surface area contributed by atoms with E-state index in [0.717, 1.165) is 5.56 Å². The van der Waals surface area contributed by atoms with E-state index < -0.39 is 0 Å². The maximum atomic E-state index is 12.4. The fraction of sp³-hybridized carbons (Fsp3) is 0.0588. The summed E-state index contributed by atoms with van der Waals surface area (Å²) in [4.78, 5) is 16.6. The van der Waals surface area contributed by atoms with Crippen LogP contribution < -0.4 is 5.32 Å². The van der Waals surface area contributed by atoms with E-state index in [1.54, 1.807) is 39.9 Å². The molecule has 7 nitrogen and oxygen atoms in total. The third-order valence-electron chi connectivity index (χ3n) is 3.66.